The molecule has 24 heavy (non-hydrogen) atoms. The molecule has 1 heterocycles. The van der Waals surface area contributed by atoms with Gasteiger partial charge in [0.15, 0.2) is 0 Å². The van der Waals surface area contributed by atoms with Gasteiger partial charge in [-0.3, -0.25) is 0 Å². The molecule has 124 valence electrons. The van der Waals surface area contributed by atoms with Gasteiger partial charge in [-0.2, -0.15) is 0 Å². The molecular formula is C17H15Cl2N3OS. The number of hydrogen-bond acceptors (Lipinski definition) is 4. The lowest BCUT2D eigenvalue weighted by Crippen LogP contribution is -2.10. The van der Waals surface area contributed by atoms with Gasteiger partial charge >= 0.3 is 0 Å². The van der Waals surface area contributed by atoms with Crippen LogP contribution < -0.4 is 5.32 Å². The highest BCUT2D eigenvalue weighted by molar-refractivity contribution is 7.71. The van der Waals surface area contributed by atoms with Crippen molar-refractivity contribution in [3.05, 3.63) is 62.4 Å². The molecule has 0 aliphatic rings. The lowest BCUT2D eigenvalue weighted by atomic mass is 10.1. The number of nitrogens with zero attached hydrogens (tertiary/aromatic N) is 2. The van der Waals surface area contributed by atoms with Crippen LogP contribution in [0, 0.1) is 18.7 Å². The Morgan fingerprint density at radius 1 is 1.12 bits per heavy atom. The van der Waals surface area contributed by atoms with E-state index in [4.69, 9.17) is 39.8 Å². The number of benzene rings is 2. The predicted molar refractivity (Wildman–Crippen MR) is 100 cm³/mol. The zero-order valence-corrected chi connectivity index (χ0v) is 15.5. The number of hydrogen-bond donors (Lipinski definition) is 1. The summed E-state index contributed by atoms with van der Waals surface area (Å²) < 4.78 is 7.16. The second-order valence-electron chi connectivity index (χ2n) is 5.45. The Morgan fingerprint density at radius 3 is 2.67 bits per heavy atom. The molecule has 0 aliphatic heterocycles. The molecular weight excluding hydrogens is 365 g/mol. The first-order chi connectivity index (χ1) is 11.4. The molecule has 0 amide bonds. The van der Waals surface area contributed by atoms with E-state index >= 15 is 0 Å². The lowest BCUT2D eigenvalue weighted by Gasteiger charge is -2.09. The molecule has 0 saturated heterocycles. The Morgan fingerprint density at radius 2 is 1.92 bits per heavy atom. The van der Waals surface area contributed by atoms with Gasteiger partial charge in [-0.25, -0.2) is 4.68 Å². The first-order valence-electron chi connectivity index (χ1n) is 7.28. The van der Waals surface area contributed by atoms with Crippen LogP contribution in [0.1, 0.15) is 11.1 Å². The second kappa shape index (κ2) is 6.97. The molecule has 0 bridgehead atoms. The molecule has 0 fully saturated rings. The number of halogens is 2. The van der Waals surface area contributed by atoms with E-state index in [0.717, 1.165) is 16.8 Å². The first kappa shape index (κ1) is 17.0. The minimum Gasteiger partial charge on any atom is -0.409 e. The highest BCUT2D eigenvalue weighted by Gasteiger charge is 2.10. The third-order valence-electron chi connectivity index (χ3n) is 3.59. The van der Waals surface area contributed by atoms with Crippen LogP contribution in [0.5, 0.6) is 0 Å². The molecule has 2 aromatic carbocycles. The molecule has 0 spiro atoms. The molecule has 1 N–H and O–H groups in total. The summed E-state index contributed by atoms with van der Waals surface area (Å²) in [5.41, 5.74) is 4.10. The van der Waals surface area contributed by atoms with E-state index in [1.807, 2.05) is 6.92 Å². The SMILES string of the molecule is Cc1ccc(C)c(NCn2nc(-c3ccc(Cl)c(Cl)c3)oc2=S)c1. The van der Waals surface area contributed by atoms with Gasteiger partial charge in [0.25, 0.3) is 4.84 Å². The summed E-state index contributed by atoms with van der Waals surface area (Å²) in [4.78, 5) is 0.286. The number of aryl methyl sites for hydroxylation is 2. The van der Waals surface area contributed by atoms with Crippen LogP contribution in [0.2, 0.25) is 10.0 Å². The molecule has 0 saturated carbocycles. The highest BCUT2D eigenvalue weighted by atomic mass is 35.5. The highest BCUT2D eigenvalue weighted by Crippen LogP contribution is 2.27. The summed E-state index contributed by atoms with van der Waals surface area (Å²) in [7, 11) is 0. The molecule has 4 nitrogen and oxygen atoms in total. The number of nitrogens with one attached hydrogen (secondary N) is 1. The fourth-order valence-electron chi connectivity index (χ4n) is 2.24. The van der Waals surface area contributed by atoms with Crippen molar-refractivity contribution in [2.24, 2.45) is 0 Å². The normalized spacial score (nSPS) is 10.8. The van der Waals surface area contributed by atoms with Gasteiger partial charge in [0, 0.05) is 11.3 Å². The van der Waals surface area contributed by atoms with Crippen molar-refractivity contribution in [2.75, 3.05) is 5.32 Å². The van der Waals surface area contributed by atoms with Crippen LogP contribution in [0.4, 0.5) is 5.69 Å². The first-order valence-corrected chi connectivity index (χ1v) is 8.45. The molecule has 0 unspecified atom stereocenters. The minimum absolute atomic E-state index is 0.286. The second-order valence-corrected chi connectivity index (χ2v) is 6.62. The van der Waals surface area contributed by atoms with Gasteiger partial charge in [-0.1, -0.05) is 35.3 Å². The van der Waals surface area contributed by atoms with E-state index in [2.05, 4.69) is 35.5 Å². The maximum absolute atomic E-state index is 6.04. The molecule has 3 aromatic rings. The van der Waals surface area contributed by atoms with E-state index in [-0.39, 0.29) is 4.84 Å². The van der Waals surface area contributed by atoms with Gasteiger partial charge in [-0.15, -0.1) is 5.10 Å². The Bertz CT molecular complexity index is 949. The summed E-state index contributed by atoms with van der Waals surface area (Å²) >= 11 is 17.2. The number of anilines is 1. The fourth-order valence-corrected chi connectivity index (χ4v) is 2.72. The molecule has 0 atom stereocenters. The van der Waals surface area contributed by atoms with Crippen molar-refractivity contribution in [3.63, 3.8) is 0 Å². The van der Waals surface area contributed by atoms with E-state index in [1.54, 1.807) is 22.9 Å². The summed E-state index contributed by atoms with van der Waals surface area (Å²) in [6.45, 7) is 4.51. The Labute approximate surface area is 155 Å². The van der Waals surface area contributed by atoms with E-state index in [1.165, 1.54) is 5.56 Å². The van der Waals surface area contributed by atoms with Crippen LogP contribution in [-0.2, 0) is 6.67 Å². The van der Waals surface area contributed by atoms with Gasteiger partial charge in [-0.05, 0) is 61.5 Å². The summed E-state index contributed by atoms with van der Waals surface area (Å²) in [5.74, 6) is 0.404. The molecule has 1 aromatic heterocycles. The Balaban J connectivity index is 1.83. The minimum atomic E-state index is 0.286. The Hall–Kier alpha value is -1.82. The van der Waals surface area contributed by atoms with Crippen LogP contribution in [0.15, 0.2) is 40.8 Å². The van der Waals surface area contributed by atoms with Crippen molar-refractivity contribution in [1.82, 2.24) is 9.78 Å². The van der Waals surface area contributed by atoms with Gasteiger partial charge in [0.1, 0.15) is 6.67 Å². The van der Waals surface area contributed by atoms with E-state index in [9.17, 15) is 0 Å². The monoisotopic (exact) mass is 379 g/mol. The zero-order chi connectivity index (χ0) is 17.3. The van der Waals surface area contributed by atoms with Crippen molar-refractivity contribution in [1.29, 1.82) is 0 Å². The van der Waals surface area contributed by atoms with Crippen molar-refractivity contribution >= 4 is 41.1 Å². The fraction of sp³-hybridized carbons (Fsp3) is 0.176. The van der Waals surface area contributed by atoms with E-state index < -0.39 is 0 Å². The predicted octanol–water partition coefficient (Wildman–Crippen LogP) is 5.87. The van der Waals surface area contributed by atoms with E-state index in [0.29, 0.717) is 22.6 Å². The van der Waals surface area contributed by atoms with Gasteiger partial charge in [0.2, 0.25) is 5.89 Å². The third kappa shape index (κ3) is 3.64. The smallest absolute Gasteiger partial charge is 0.289 e. The van der Waals surface area contributed by atoms with Gasteiger partial charge in [0.05, 0.1) is 10.0 Å². The molecule has 3 rings (SSSR count). The lowest BCUT2D eigenvalue weighted by molar-refractivity contribution is 0.522. The summed E-state index contributed by atoms with van der Waals surface area (Å²) in [6.07, 6.45) is 0. The number of aromatic nitrogens is 2. The number of rotatable bonds is 4. The van der Waals surface area contributed by atoms with Gasteiger partial charge < -0.3 is 9.73 Å². The van der Waals surface area contributed by atoms with Crippen molar-refractivity contribution < 1.29 is 4.42 Å². The standard InChI is InChI=1S/C17H15Cl2N3OS/c1-10-3-4-11(2)15(7-10)20-9-22-17(24)23-16(21-22)12-5-6-13(18)14(19)8-12/h3-8,20H,9H2,1-2H3. The van der Waals surface area contributed by atoms with Crippen LogP contribution in [-0.4, -0.2) is 9.78 Å². The van der Waals surface area contributed by atoms with Crippen LogP contribution >= 0.6 is 35.4 Å². The van der Waals surface area contributed by atoms with Crippen molar-refractivity contribution in [3.8, 4) is 11.5 Å². The third-order valence-corrected chi connectivity index (χ3v) is 4.62. The molecule has 7 heteroatoms. The summed E-state index contributed by atoms with van der Waals surface area (Å²) in [6, 6.07) is 11.4. The molecule has 0 radical (unpaired) electrons. The topological polar surface area (TPSA) is 43.0 Å². The molecule has 0 aliphatic carbocycles. The average Bonchev–Trinajstić information content (AvgIpc) is 2.92. The maximum atomic E-state index is 6.04. The largest absolute Gasteiger partial charge is 0.409 e. The van der Waals surface area contributed by atoms with Crippen molar-refractivity contribution in [2.45, 2.75) is 20.5 Å². The van der Waals surface area contributed by atoms with Crippen LogP contribution in [0.25, 0.3) is 11.5 Å². The van der Waals surface area contributed by atoms with Crippen LogP contribution in [0.3, 0.4) is 0 Å². The quantitative estimate of drug-likeness (QED) is 0.575. The Kier molecular flexibility index (Phi) is 4.94. The zero-order valence-electron chi connectivity index (χ0n) is 13.1. The maximum Gasteiger partial charge on any atom is 0.289 e. The summed E-state index contributed by atoms with van der Waals surface area (Å²) in [5, 5.41) is 8.65. The average molecular weight is 380 g/mol.